The number of carbonyl (C=O) groups is 2. The predicted molar refractivity (Wildman–Crippen MR) is 118 cm³/mol. The van der Waals surface area contributed by atoms with Crippen LogP contribution in [0.2, 0.25) is 0 Å². The van der Waals surface area contributed by atoms with Crippen LogP contribution in [0.15, 0.2) is 60.7 Å². The third kappa shape index (κ3) is 6.42. The number of hydrogen-bond acceptors (Lipinski definition) is 3. The molecule has 2 amide bonds. The standard InChI is InChI=1S/C25H32N2O3/c1-18(2)26-25(29)21-14-9-15-22(16-21)27-23(28)17-30-24(19-10-5-3-6-11-19)20-12-7-4-8-13-20/h3-8,10-13,18,21-22,24H,9,14-17H2,1-2H3,(H,26,29)(H,27,28). The summed E-state index contributed by atoms with van der Waals surface area (Å²) in [6.07, 6.45) is 3.11. The monoisotopic (exact) mass is 408 g/mol. The first kappa shape index (κ1) is 22.0. The number of carbonyl (C=O) groups excluding carboxylic acids is 2. The van der Waals surface area contributed by atoms with Gasteiger partial charge in [0.25, 0.3) is 0 Å². The molecule has 0 spiro atoms. The van der Waals surface area contributed by atoms with E-state index in [1.54, 1.807) is 0 Å². The van der Waals surface area contributed by atoms with Crippen molar-refractivity contribution < 1.29 is 14.3 Å². The molecular formula is C25H32N2O3. The van der Waals surface area contributed by atoms with Crippen molar-refractivity contribution in [2.45, 2.75) is 57.7 Å². The van der Waals surface area contributed by atoms with Gasteiger partial charge in [-0.25, -0.2) is 0 Å². The van der Waals surface area contributed by atoms with Gasteiger partial charge in [-0.15, -0.1) is 0 Å². The van der Waals surface area contributed by atoms with Crippen LogP contribution in [0.25, 0.3) is 0 Å². The van der Waals surface area contributed by atoms with Crippen LogP contribution in [-0.4, -0.2) is 30.5 Å². The molecule has 0 aromatic heterocycles. The topological polar surface area (TPSA) is 67.4 Å². The highest BCUT2D eigenvalue weighted by molar-refractivity contribution is 5.80. The number of amides is 2. The Balaban J connectivity index is 1.56. The van der Waals surface area contributed by atoms with Gasteiger partial charge in [0.15, 0.2) is 0 Å². The molecule has 1 fully saturated rings. The summed E-state index contributed by atoms with van der Waals surface area (Å²) in [5.74, 6) is -0.0797. The maximum atomic E-state index is 12.6. The number of rotatable bonds is 8. The zero-order chi connectivity index (χ0) is 21.3. The first-order chi connectivity index (χ1) is 14.5. The van der Waals surface area contributed by atoms with Crippen molar-refractivity contribution in [1.29, 1.82) is 0 Å². The van der Waals surface area contributed by atoms with Crippen LogP contribution in [0.3, 0.4) is 0 Å². The van der Waals surface area contributed by atoms with Crippen LogP contribution in [0.5, 0.6) is 0 Å². The number of nitrogens with one attached hydrogen (secondary N) is 2. The van der Waals surface area contributed by atoms with Crippen molar-refractivity contribution in [1.82, 2.24) is 10.6 Å². The first-order valence-electron chi connectivity index (χ1n) is 10.8. The van der Waals surface area contributed by atoms with Gasteiger partial charge in [0.1, 0.15) is 12.7 Å². The molecule has 2 unspecified atom stereocenters. The van der Waals surface area contributed by atoms with E-state index in [4.69, 9.17) is 4.74 Å². The molecule has 2 aromatic rings. The van der Waals surface area contributed by atoms with Crippen molar-refractivity contribution in [3.8, 4) is 0 Å². The van der Waals surface area contributed by atoms with Gasteiger partial charge in [-0.3, -0.25) is 9.59 Å². The van der Waals surface area contributed by atoms with E-state index in [1.165, 1.54) is 0 Å². The molecule has 2 aromatic carbocycles. The molecule has 0 heterocycles. The molecule has 1 aliphatic rings. The Morgan fingerprint density at radius 3 is 2.13 bits per heavy atom. The second-order valence-corrected chi connectivity index (χ2v) is 8.30. The molecule has 160 valence electrons. The summed E-state index contributed by atoms with van der Waals surface area (Å²) in [5.41, 5.74) is 2.03. The lowest BCUT2D eigenvalue weighted by atomic mass is 9.85. The quantitative estimate of drug-likeness (QED) is 0.694. The van der Waals surface area contributed by atoms with Crippen molar-refractivity contribution >= 4 is 11.8 Å². The SMILES string of the molecule is CC(C)NC(=O)C1CCCC(NC(=O)COC(c2ccccc2)c2ccccc2)C1. The zero-order valence-corrected chi connectivity index (χ0v) is 17.8. The van der Waals surface area contributed by atoms with Crippen LogP contribution >= 0.6 is 0 Å². The van der Waals surface area contributed by atoms with Gasteiger partial charge in [0.05, 0.1) is 0 Å². The Kier molecular flexibility index (Phi) is 8.03. The highest BCUT2D eigenvalue weighted by Crippen LogP contribution is 2.27. The average Bonchev–Trinajstić information content (AvgIpc) is 2.75. The Bertz CT molecular complexity index is 768. The van der Waals surface area contributed by atoms with E-state index in [1.807, 2.05) is 74.5 Å². The van der Waals surface area contributed by atoms with Gasteiger partial charge in [0.2, 0.25) is 11.8 Å². The lowest BCUT2D eigenvalue weighted by Gasteiger charge is -2.29. The molecule has 0 aliphatic heterocycles. The maximum absolute atomic E-state index is 12.6. The first-order valence-corrected chi connectivity index (χ1v) is 10.8. The molecule has 5 nitrogen and oxygen atoms in total. The van der Waals surface area contributed by atoms with Crippen molar-refractivity contribution in [2.24, 2.45) is 5.92 Å². The molecule has 2 N–H and O–H groups in total. The lowest BCUT2D eigenvalue weighted by Crippen LogP contribution is -2.44. The van der Waals surface area contributed by atoms with Gasteiger partial charge in [-0.2, -0.15) is 0 Å². The fourth-order valence-electron chi connectivity index (χ4n) is 4.03. The molecule has 5 heteroatoms. The fourth-order valence-corrected chi connectivity index (χ4v) is 4.03. The van der Waals surface area contributed by atoms with E-state index in [2.05, 4.69) is 10.6 Å². The molecule has 0 radical (unpaired) electrons. The van der Waals surface area contributed by atoms with Gasteiger partial charge in [-0.05, 0) is 44.2 Å². The van der Waals surface area contributed by atoms with Crippen molar-refractivity contribution in [3.05, 3.63) is 71.8 Å². The highest BCUT2D eigenvalue weighted by atomic mass is 16.5. The zero-order valence-electron chi connectivity index (χ0n) is 17.8. The minimum atomic E-state index is -0.297. The molecule has 30 heavy (non-hydrogen) atoms. The summed E-state index contributed by atoms with van der Waals surface area (Å²) in [4.78, 5) is 24.9. The summed E-state index contributed by atoms with van der Waals surface area (Å²) in [6.45, 7) is 3.91. The second-order valence-electron chi connectivity index (χ2n) is 8.30. The van der Waals surface area contributed by atoms with E-state index in [-0.39, 0.29) is 42.5 Å². The molecular weight excluding hydrogens is 376 g/mol. The van der Waals surface area contributed by atoms with Crippen molar-refractivity contribution in [2.75, 3.05) is 6.61 Å². The van der Waals surface area contributed by atoms with Gasteiger partial charge in [-0.1, -0.05) is 67.1 Å². The van der Waals surface area contributed by atoms with E-state index in [9.17, 15) is 9.59 Å². The fraction of sp³-hybridized carbons (Fsp3) is 0.440. The average molecular weight is 409 g/mol. The summed E-state index contributed by atoms with van der Waals surface area (Å²) in [7, 11) is 0. The molecule has 2 atom stereocenters. The smallest absolute Gasteiger partial charge is 0.246 e. The van der Waals surface area contributed by atoms with E-state index < -0.39 is 0 Å². The van der Waals surface area contributed by atoms with Crippen molar-refractivity contribution in [3.63, 3.8) is 0 Å². The molecule has 1 saturated carbocycles. The second kappa shape index (κ2) is 10.9. The molecule has 0 bridgehead atoms. The Morgan fingerprint density at radius 1 is 0.967 bits per heavy atom. The molecule has 1 aliphatic carbocycles. The van der Waals surface area contributed by atoms with Crippen LogP contribution < -0.4 is 10.6 Å². The van der Waals surface area contributed by atoms with Gasteiger partial charge in [0, 0.05) is 18.0 Å². The molecule has 3 rings (SSSR count). The minimum absolute atomic E-state index is 0.0182. The van der Waals surface area contributed by atoms with E-state index in [0.717, 1.165) is 30.4 Å². The van der Waals surface area contributed by atoms with Gasteiger partial charge >= 0.3 is 0 Å². The number of ether oxygens (including phenoxy) is 1. The normalized spacial score (nSPS) is 18.9. The van der Waals surface area contributed by atoms with Crippen LogP contribution in [0, 0.1) is 5.92 Å². The van der Waals surface area contributed by atoms with Crippen LogP contribution in [0.1, 0.15) is 56.8 Å². The minimum Gasteiger partial charge on any atom is -0.359 e. The Morgan fingerprint density at radius 2 is 1.57 bits per heavy atom. The predicted octanol–water partition coefficient (Wildman–Crippen LogP) is 3.99. The highest BCUT2D eigenvalue weighted by Gasteiger charge is 2.28. The maximum Gasteiger partial charge on any atom is 0.246 e. The summed E-state index contributed by atoms with van der Waals surface area (Å²) in [6, 6.07) is 20.0. The summed E-state index contributed by atoms with van der Waals surface area (Å²) >= 11 is 0. The number of benzene rings is 2. The van der Waals surface area contributed by atoms with Crippen LogP contribution in [-0.2, 0) is 14.3 Å². The number of hydrogen-bond donors (Lipinski definition) is 2. The van der Waals surface area contributed by atoms with E-state index in [0.29, 0.717) is 6.42 Å². The van der Waals surface area contributed by atoms with Crippen LogP contribution in [0.4, 0.5) is 0 Å². The third-order valence-electron chi connectivity index (χ3n) is 5.43. The Hall–Kier alpha value is -2.66. The van der Waals surface area contributed by atoms with Gasteiger partial charge < -0.3 is 15.4 Å². The summed E-state index contributed by atoms with van der Waals surface area (Å²) < 4.78 is 6.05. The summed E-state index contributed by atoms with van der Waals surface area (Å²) in [5, 5.41) is 6.06. The third-order valence-corrected chi connectivity index (χ3v) is 5.43. The largest absolute Gasteiger partial charge is 0.359 e. The van der Waals surface area contributed by atoms with E-state index >= 15 is 0 Å². The lowest BCUT2D eigenvalue weighted by molar-refractivity contribution is -0.130. The molecule has 0 saturated heterocycles. The Labute approximate surface area is 179 Å².